The highest BCUT2D eigenvalue weighted by Crippen LogP contribution is 2.11. The predicted molar refractivity (Wildman–Crippen MR) is 62.7 cm³/mol. The summed E-state index contributed by atoms with van der Waals surface area (Å²) in [6.45, 7) is 0.393. The van der Waals surface area contributed by atoms with E-state index in [2.05, 4.69) is 4.72 Å². The van der Waals surface area contributed by atoms with E-state index in [9.17, 15) is 8.42 Å². The SMILES string of the molecule is COc1ccc(CNS(=O)(=O)CCN)cc1. The van der Waals surface area contributed by atoms with Crippen LogP contribution in [-0.4, -0.2) is 27.8 Å². The molecule has 0 heterocycles. The van der Waals surface area contributed by atoms with E-state index in [0.29, 0.717) is 0 Å². The third-order valence-electron chi connectivity index (χ3n) is 2.04. The largest absolute Gasteiger partial charge is 0.497 e. The van der Waals surface area contributed by atoms with Crippen LogP contribution in [-0.2, 0) is 16.6 Å². The molecule has 1 aromatic carbocycles. The molecule has 0 aliphatic carbocycles. The van der Waals surface area contributed by atoms with Crippen LogP contribution in [0.3, 0.4) is 0 Å². The highest BCUT2D eigenvalue weighted by Gasteiger charge is 2.07. The molecular formula is C10H16N2O3S. The Labute approximate surface area is 95.7 Å². The molecule has 0 bridgehead atoms. The average molecular weight is 244 g/mol. The average Bonchev–Trinajstić information content (AvgIpc) is 2.27. The zero-order valence-corrected chi connectivity index (χ0v) is 9.96. The Bertz CT molecular complexity index is 414. The summed E-state index contributed by atoms with van der Waals surface area (Å²) in [6.07, 6.45) is 0. The van der Waals surface area contributed by atoms with Crippen molar-refractivity contribution in [1.29, 1.82) is 0 Å². The lowest BCUT2D eigenvalue weighted by molar-refractivity contribution is 0.414. The van der Waals surface area contributed by atoms with Crippen LogP contribution in [0.5, 0.6) is 5.75 Å². The second-order valence-electron chi connectivity index (χ2n) is 3.28. The molecule has 90 valence electrons. The number of hydrogen-bond donors (Lipinski definition) is 2. The maximum atomic E-state index is 11.3. The monoisotopic (exact) mass is 244 g/mol. The first-order valence-corrected chi connectivity index (χ1v) is 6.53. The molecule has 0 unspecified atom stereocenters. The molecule has 0 fully saturated rings. The number of rotatable bonds is 6. The van der Waals surface area contributed by atoms with Crippen LogP contribution in [0.1, 0.15) is 5.56 Å². The highest BCUT2D eigenvalue weighted by molar-refractivity contribution is 7.89. The molecule has 0 aliphatic rings. The molecule has 3 N–H and O–H groups in total. The quantitative estimate of drug-likeness (QED) is 0.742. The molecule has 1 aromatic rings. The van der Waals surface area contributed by atoms with Crippen molar-refractivity contribution >= 4 is 10.0 Å². The van der Waals surface area contributed by atoms with Crippen molar-refractivity contribution < 1.29 is 13.2 Å². The van der Waals surface area contributed by atoms with Crippen LogP contribution >= 0.6 is 0 Å². The van der Waals surface area contributed by atoms with Gasteiger partial charge >= 0.3 is 0 Å². The van der Waals surface area contributed by atoms with Gasteiger partial charge in [0, 0.05) is 13.1 Å². The van der Waals surface area contributed by atoms with Gasteiger partial charge in [-0.3, -0.25) is 0 Å². The van der Waals surface area contributed by atoms with Crippen LogP contribution in [0.15, 0.2) is 24.3 Å². The Morgan fingerprint density at radius 1 is 1.31 bits per heavy atom. The van der Waals surface area contributed by atoms with Crippen molar-refractivity contribution in [2.45, 2.75) is 6.54 Å². The second kappa shape index (κ2) is 5.83. The number of ether oxygens (including phenoxy) is 1. The van der Waals surface area contributed by atoms with Gasteiger partial charge < -0.3 is 10.5 Å². The zero-order chi connectivity index (χ0) is 12.0. The summed E-state index contributed by atoms with van der Waals surface area (Å²) < 4.78 is 30.1. The number of hydrogen-bond acceptors (Lipinski definition) is 4. The molecular weight excluding hydrogens is 228 g/mol. The number of nitrogens with one attached hydrogen (secondary N) is 1. The first kappa shape index (κ1) is 13.0. The molecule has 0 atom stereocenters. The Balaban J connectivity index is 2.54. The standard InChI is InChI=1S/C10H16N2O3S/c1-15-10-4-2-9(3-5-10)8-12-16(13,14)7-6-11/h2-5,12H,6-8,11H2,1H3. The van der Waals surface area contributed by atoms with E-state index in [1.165, 1.54) is 0 Å². The van der Waals surface area contributed by atoms with Crippen LogP contribution in [0.2, 0.25) is 0 Å². The van der Waals surface area contributed by atoms with E-state index in [1.807, 2.05) is 12.1 Å². The minimum atomic E-state index is -3.25. The fourth-order valence-corrected chi connectivity index (χ4v) is 2.01. The molecule has 6 heteroatoms. The van der Waals surface area contributed by atoms with Crippen molar-refractivity contribution in [3.05, 3.63) is 29.8 Å². The van der Waals surface area contributed by atoms with Gasteiger partial charge in [0.2, 0.25) is 10.0 Å². The van der Waals surface area contributed by atoms with Gasteiger partial charge in [-0.25, -0.2) is 13.1 Å². The van der Waals surface area contributed by atoms with Gasteiger partial charge in [0.05, 0.1) is 12.9 Å². The summed E-state index contributed by atoms with van der Waals surface area (Å²) in [6, 6.07) is 7.19. The van der Waals surface area contributed by atoms with Gasteiger partial charge in [0.15, 0.2) is 0 Å². The minimum Gasteiger partial charge on any atom is -0.497 e. The maximum absolute atomic E-state index is 11.3. The lowest BCUT2D eigenvalue weighted by Gasteiger charge is -2.06. The fourth-order valence-electron chi connectivity index (χ4n) is 1.16. The molecule has 0 spiro atoms. The Morgan fingerprint density at radius 3 is 2.44 bits per heavy atom. The molecule has 0 radical (unpaired) electrons. The summed E-state index contributed by atoms with van der Waals surface area (Å²) in [5, 5.41) is 0. The Morgan fingerprint density at radius 2 is 1.94 bits per heavy atom. The molecule has 0 saturated carbocycles. The number of nitrogens with two attached hydrogens (primary N) is 1. The number of benzene rings is 1. The van der Waals surface area contributed by atoms with Gasteiger partial charge in [0.25, 0.3) is 0 Å². The maximum Gasteiger partial charge on any atom is 0.213 e. The highest BCUT2D eigenvalue weighted by atomic mass is 32.2. The van der Waals surface area contributed by atoms with Crippen molar-refractivity contribution in [3.8, 4) is 5.75 Å². The normalized spacial score (nSPS) is 11.4. The summed E-state index contributed by atoms with van der Waals surface area (Å²) in [7, 11) is -1.67. The molecule has 0 saturated heterocycles. The number of methoxy groups -OCH3 is 1. The van der Waals surface area contributed by atoms with Gasteiger partial charge in [-0.05, 0) is 17.7 Å². The van der Waals surface area contributed by atoms with E-state index >= 15 is 0 Å². The van der Waals surface area contributed by atoms with E-state index in [-0.39, 0.29) is 18.8 Å². The van der Waals surface area contributed by atoms with Crippen molar-refractivity contribution in [2.75, 3.05) is 19.4 Å². The van der Waals surface area contributed by atoms with Crippen LogP contribution in [0.4, 0.5) is 0 Å². The summed E-state index contributed by atoms with van der Waals surface area (Å²) in [5.74, 6) is 0.692. The van der Waals surface area contributed by atoms with Crippen molar-refractivity contribution in [1.82, 2.24) is 4.72 Å². The third kappa shape index (κ3) is 4.18. The van der Waals surface area contributed by atoms with Crippen molar-refractivity contribution in [3.63, 3.8) is 0 Å². The van der Waals surface area contributed by atoms with Crippen LogP contribution in [0.25, 0.3) is 0 Å². The topological polar surface area (TPSA) is 81.4 Å². The zero-order valence-electron chi connectivity index (χ0n) is 9.14. The summed E-state index contributed by atoms with van der Waals surface area (Å²) in [5.41, 5.74) is 6.06. The number of sulfonamides is 1. The Kier molecular flexibility index (Phi) is 4.72. The molecule has 16 heavy (non-hydrogen) atoms. The lowest BCUT2D eigenvalue weighted by atomic mass is 10.2. The molecule has 5 nitrogen and oxygen atoms in total. The smallest absolute Gasteiger partial charge is 0.213 e. The van der Waals surface area contributed by atoms with Crippen LogP contribution < -0.4 is 15.2 Å². The Hall–Kier alpha value is -1.11. The first-order valence-electron chi connectivity index (χ1n) is 4.88. The van der Waals surface area contributed by atoms with E-state index in [0.717, 1.165) is 11.3 Å². The second-order valence-corrected chi connectivity index (χ2v) is 5.20. The van der Waals surface area contributed by atoms with Crippen LogP contribution in [0, 0.1) is 0 Å². The van der Waals surface area contributed by atoms with Gasteiger partial charge in [0.1, 0.15) is 5.75 Å². The molecule has 0 aromatic heterocycles. The molecule has 0 amide bonds. The lowest BCUT2D eigenvalue weighted by Crippen LogP contribution is -2.29. The van der Waals surface area contributed by atoms with Gasteiger partial charge in [-0.2, -0.15) is 0 Å². The fraction of sp³-hybridized carbons (Fsp3) is 0.400. The van der Waals surface area contributed by atoms with E-state index < -0.39 is 10.0 Å². The third-order valence-corrected chi connectivity index (χ3v) is 3.40. The van der Waals surface area contributed by atoms with Crippen molar-refractivity contribution in [2.24, 2.45) is 5.73 Å². The van der Waals surface area contributed by atoms with E-state index in [1.54, 1.807) is 19.2 Å². The molecule has 1 rings (SSSR count). The molecule has 0 aliphatic heterocycles. The first-order chi connectivity index (χ1) is 7.57. The summed E-state index contributed by atoms with van der Waals surface area (Å²) in [4.78, 5) is 0. The summed E-state index contributed by atoms with van der Waals surface area (Å²) >= 11 is 0. The predicted octanol–water partition coefficient (Wildman–Crippen LogP) is 0.0733. The minimum absolute atomic E-state index is 0.0524. The van der Waals surface area contributed by atoms with Gasteiger partial charge in [-0.15, -0.1) is 0 Å². The van der Waals surface area contributed by atoms with E-state index in [4.69, 9.17) is 10.5 Å². The van der Waals surface area contributed by atoms with Gasteiger partial charge in [-0.1, -0.05) is 12.1 Å².